The maximum absolute atomic E-state index is 5.73. The molecule has 0 saturated heterocycles. The molecule has 1 atom stereocenters. The second-order valence-corrected chi connectivity index (χ2v) is 8.84. The van der Waals surface area contributed by atoms with Crippen LogP contribution in [0.3, 0.4) is 0 Å². The summed E-state index contributed by atoms with van der Waals surface area (Å²) >= 11 is 0. The molecule has 5 nitrogen and oxygen atoms in total. The summed E-state index contributed by atoms with van der Waals surface area (Å²) in [7, 11) is 3.69. The van der Waals surface area contributed by atoms with Crippen LogP contribution in [-0.4, -0.2) is 59.1 Å². The Labute approximate surface area is 109 Å². The summed E-state index contributed by atoms with van der Waals surface area (Å²) in [5.41, 5.74) is 6.17. The monoisotopic (exact) mass is 280 g/mol. The molecule has 0 radical (unpaired) electrons. The van der Waals surface area contributed by atoms with Crippen LogP contribution in [-0.2, 0) is 13.3 Å². The van der Waals surface area contributed by atoms with Gasteiger partial charge >= 0.3 is 8.80 Å². The van der Waals surface area contributed by atoms with E-state index in [0.29, 0.717) is 5.67 Å². The zero-order valence-corrected chi connectivity index (χ0v) is 14.6. The number of nitrogens with two attached hydrogens (primary N) is 1. The van der Waals surface area contributed by atoms with Crippen molar-refractivity contribution in [1.29, 1.82) is 0 Å². The van der Waals surface area contributed by atoms with Crippen LogP contribution in [0, 0.1) is 0 Å². The summed E-state index contributed by atoms with van der Waals surface area (Å²) in [4.78, 5) is 0. The van der Waals surface area contributed by atoms with Gasteiger partial charge in [-0.05, 0) is 38.0 Å². The van der Waals surface area contributed by atoms with Crippen molar-refractivity contribution < 1.29 is 13.3 Å². The van der Waals surface area contributed by atoms with E-state index in [2.05, 4.69) is 5.32 Å². The van der Waals surface area contributed by atoms with E-state index < -0.39 is 8.80 Å². The van der Waals surface area contributed by atoms with E-state index in [1.165, 1.54) is 0 Å². The minimum absolute atomic E-state index is 0.437. The van der Waals surface area contributed by atoms with Crippen molar-refractivity contribution in [2.45, 2.75) is 31.0 Å². The molecule has 0 fully saturated rings. The lowest BCUT2D eigenvalue weighted by Gasteiger charge is -2.24. The quantitative estimate of drug-likeness (QED) is 0.386. The fourth-order valence-electron chi connectivity index (χ4n) is 1.66. The van der Waals surface area contributed by atoms with Crippen molar-refractivity contribution in [3.8, 4) is 0 Å². The molecule has 104 valence electrons. The van der Waals surface area contributed by atoms with Crippen LogP contribution in [0.2, 0.25) is 6.04 Å². The highest BCUT2D eigenvalue weighted by molar-refractivity contribution is 6.60. The number of hydrogen-bond donors (Lipinski definition) is 2. The Morgan fingerprint density at radius 2 is 1.65 bits per heavy atom. The first-order valence-electron chi connectivity index (χ1n) is 6.22. The predicted octanol–water partition coefficient (Wildman–Crippen LogP) is -0.725. The lowest BCUT2D eigenvalue weighted by Crippen LogP contribution is -2.43. The van der Waals surface area contributed by atoms with E-state index in [1.807, 2.05) is 0 Å². The van der Waals surface area contributed by atoms with E-state index in [4.69, 9.17) is 19.0 Å². The van der Waals surface area contributed by atoms with Crippen LogP contribution in [0.5, 0.6) is 0 Å². The van der Waals surface area contributed by atoms with Gasteiger partial charge in [-0.15, -0.1) is 0 Å². The Morgan fingerprint density at radius 1 is 1.12 bits per heavy atom. The van der Waals surface area contributed by atoms with E-state index in [-0.39, 0.29) is 0 Å². The summed E-state index contributed by atoms with van der Waals surface area (Å²) in [5, 5.41) is 3.40. The molecule has 7 heteroatoms. The largest absolute Gasteiger partial charge is 0.500 e. The van der Waals surface area contributed by atoms with Crippen LogP contribution < -0.4 is 11.1 Å². The Kier molecular flexibility index (Phi) is 10.3. The van der Waals surface area contributed by atoms with Gasteiger partial charge in [-0.25, -0.2) is 0 Å². The van der Waals surface area contributed by atoms with Crippen LogP contribution >= 0.6 is 0 Å². The summed E-state index contributed by atoms with van der Waals surface area (Å²) in [6.07, 6.45) is 3.30. The van der Waals surface area contributed by atoms with Crippen LogP contribution in [0.25, 0.3) is 0 Å². The van der Waals surface area contributed by atoms with Crippen LogP contribution in [0.15, 0.2) is 0 Å². The molecular formula is C10H28N2O3Si2. The van der Waals surface area contributed by atoms with E-state index in [1.54, 1.807) is 21.3 Å². The number of nitrogens with one attached hydrogen (secondary N) is 1. The normalized spacial score (nSPS) is 14.1. The summed E-state index contributed by atoms with van der Waals surface area (Å²) in [5.74, 6) is 0. The van der Waals surface area contributed by atoms with Gasteiger partial charge in [-0.3, -0.25) is 0 Å². The second-order valence-electron chi connectivity index (χ2n) is 4.27. The topological polar surface area (TPSA) is 65.7 Å². The van der Waals surface area contributed by atoms with E-state index in [9.17, 15) is 0 Å². The van der Waals surface area contributed by atoms with Gasteiger partial charge in [-0.2, -0.15) is 0 Å². The van der Waals surface area contributed by atoms with Crippen LogP contribution in [0.1, 0.15) is 19.3 Å². The van der Waals surface area contributed by atoms with Crippen molar-refractivity contribution in [1.82, 2.24) is 5.32 Å². The molecule has 0 saturated carbocycles. The second kappa shape index (κ2) is 10.2. The van der Waals surface area contributed by atoms with Gasteiger partial charge in [0.15, 0.2) is 0 Å². The molecule has 3 N–H and O–H groups in total. The SMILES string of the molecule is CO[Si](CCCNCCCC(N)[SiH3])(OC)OC. The van der Waals surface area contributed by atoms with Crippen molar-refractivity contribution in [2.75, 3.05) is 34.4 Å². The zero-order valence-electron chi connectivity index (χ0n) is 11.6. The maximum Gasteiger partial charge on any atom is 0.500 e. The van der Waals surface area contributed by atoms with Gasteiger partial charge in [0.25, 0.3) is 0 Å². The van der Waals surface area contributed by atoms with Gasteiger partial charge in [0, 0.05) is 37.6 Å². The minimum atomic E-state index is -2.36. The van der Waals surface area contributed by atoms with E-state index in [0.717, 1.165) is 48.6 Å². The molecular weight excluding hydrogens is 252 g/mol. The third-order valence-corrected chi connectivity index (χ3v) is 6.19. The highest BCUT2D eigenvalue weighted by atomic mass is 28.4. The van der Waals surface area contributed by atoms with Gasteiger partial charge < -0.3 is 24.3 Å². The Morgan fingerprint density at radius 3 is 2.12 bits per heavy atom. The number of rotatable bonds is 11. The van der Waals surface area contributed by atoms with Gasteiger partial charge in [0.1, 0.15) is 0 Å². The van der Waals surface area contributed by atoms with Crippen molar-refractivity contribution in [2.24, 2.45) is 5.73 Å². The summed E-state index contributed by atoms with van der Waals surface area (Å²) < 4.78 is 16.1. The molecule has 0 aliphatic rings. The smallest absolute Gasteiger partial charge is 0.377 e. The van der Waals surface area contributed by atoms with Gasteiger partial charge in [-0.1, -0.05) is 0 Å². The predicted molar refractivity (Wildman–Crippen MR) is 76.2 cm³/mol. The molecule has 0 spiro atoms. The Balaban J connectivity index is 3.49. The van der Waals surface area contributed by atoms with Crippen molar-refractivity contribution >= 4 is 19.0 Å². The first kappa shape index (κ1) is 17.2. The average Bonchev–Trinajstić information content (AvgIpc) is 2.33. The maximum atomic E-state index is 5.73. The summed E-state index contributed by atoms with van der Waals surface area (Å²) in [6, 6.07) is 0.851. The van der Waals surface area contributed by atoms with Crippen molar-refractivity contribution in [3.05, 3.63) is 0 Å². The third kappa shape index (κ3) is 8.03. The molecule has 0 aromatic carbocycles. The molecule has 1 unspecified atom stereocenters. The third-order valence-electron chi connectivity index (χ3n) is 2.78. The average molecular weight is 281 g/mol. The molecule has 0 rings (SSSR count). The van der Waals surface area contributed by atoms with E-state index >= 15 is 0 Å². The zero-order chi connectivity index (χ0) is 13.1. The highest BCUT2D eigenvalue weighted by Crippen LogP contribution is 2.14. The van der Waals surface area contributed by atoms with Gasteiger partial charge in [0.2, 0.25) is 0 Å². The number of hydrogen-bond acceptors (Lipinski definition) is 5. The van der Waals surface area contributed by atoms with Gasteiger partial charge in [0.05, 0.1) is 0 Å². The lowest BCUT2D eigenvalue weighted by molar-refractivity contribution is 0.123. The molecule has 0 aliphatic carbocycles. The standard InChI is InChI=1S/C10H28N2O3Si2/c1-13-17(14-2,15-3)9-5-8-12-7-4-6-10(11)16/h10,12H,4-9,11H2,1-3,16H3. The minimum Gasteiger partial charge on any atom is -0.377 e. The fraction of sp³-hybridized carbons (Fsp3) is 1.00. The Hall–Kier alpha value is 0.234. The molecule has 0 amide bonds. The molecule has 0 aliphatic heterocycles. The molecule has 0 aromatic rings. The molecule has 0 heterocycles. The highest BCUT2D eigenvalue weighted by Gasteiger charge is 2.36. The molecule has 17 heavy (non-hydrogen) atoms. The first-order chi connectivity index (χ1) is 8.10. The molecule has 0 aromatic heterocycles. The van der Waals surface area contributed by atoms with Crippen molar-refractivity contribution in [3.63, 3.8) is 0 Å². The fourth-order valence-corrected chi connectivity index (χ4v) is 3.79. The first-order valence-corrected chi connectivity index (χ1v) is 9.30. The van der Waals surface area contributed by atoms with Crippen LogP contribution in [0.4, 0.5) is 0 Å². The lowest BCUT2D eigenvalue weighted by atomic mass is 10.3. The Bertz CT molecular complexity index is 173. The molecule has 0 bridgehead atoms. The summed E-state index contributed by atoms with van der Waals surface area (Å²) in [6.45, 7) is 2.01.